The van der Waals surface area contributed by atoms with E-state index in [0.29, 0.717) is 12.1 Å². The van der Waals surface area contributed by atoms with E-state index in [4.69, 9.17) is 4.74 Å². The number of fused-ring (bicyclic) bond motifs is 1. The van der Waals surface area contributed by atoms with Gasteiger partial charge in [-0.25, -0.2) is 8.42 Å². The number of sulfonamides is 1. The summed E-state index contributed by atoms with van der Waals surface area (Å²) >= 11 is 0. The largest absolute Gasteiger partial charge is 0.481 e. The Morgan fingerprint density at radius 1 is 1.45 bits per heavy atom. The molecule has 1 aliphatic rings. The number of hydrogen-bond donors (Lipinski definition) is 1. The number of anilines is 1. The number of para-hydroxylation sites is 1. The fourth-order valence-electron chi connectivity index (χ4n) is 2.28. The number of methoxy groups -OCH3 is 1. The molecule has 0 saturated heterocycles. The second-order valence-electron chi connectivity index (χ2n) is 4.71. The van der Waals surface area contributed by atoms with Gasteiger partial charge in [0.2, 0.25) is 10.0 Å². The van der Waals surface area contributed by atoms with Crippen LogP contribution in [-0.4, -0.2) is 45.5 Å². The van der Waals surface area contributed by atoms with Crippen LogP contribution in [0, 0.1) is 5.92 Å². The lowest BCUT2D eigenvalue weighted by Gasteiger charge is -2.33. The van der Waals surface area contributed by atoms with Crippen LogP contribution in [0.2, 0.25) is 0 Å². The third-order valence-corrected chi connectivity index (χ3v) is 5.04. The summed E-state index contributed by atoms with van der Waals surface area (Å²) in [5.74, 6) is -1.86. The molecule has 0 aliphatic carbocycles. The van der Waals surface area contributed by atoms with E-state index in [9.17, 15) is 18.3 Å². The summed E-state index contributed by atoms with van der Waals surface area (Å²) in [6.07, 6.45) is 0.349. The van der Waals surface area contributed by atoms with E-state index in [1.165, 1.54) is 11.4 Å². The molecule has 1 N–H and O–H groups in total. The van der Waals surface area contributed by atoms with Gasteiger partial charge in [-0.3, -0.25) is 9.10 Å². The quantitative estimate of drug-likeness (QED) is 0.866. The van der Waals surface area contributed by atoms with Crippen LogP contribution in [0.1, 0.15) is 5.56 Å². The van der Waals surface area contributed by atoms with Gasteiger partial charge in [-0.15, -0.1) is 0 Å². The fourth-order valence-corrected chi connectivity index (χ4v) is 3.77. The number of ether oxygens (including phenoxy) is 1. The van der Waals surface area contributed by atoms with Gasteiger partial charge in [0, 0.05) is 13.7 Å². The first-order valence-electron chi connectivity index (χ1n) is 6.26. The van der Waals surface area contributed by atoms with Gasteiger partial charge in [0.25, 0.3) is 0 Å². The maximum Gasteiger partial charge on any atom is 0.308 e. The number of carbonyl (C=O) groups is 1. The van der Waals surface area contributed by atoms with Crippen molar-refractivity contribution in [3.63, 3.8) is 0 Å². The normalized spacial score (nSPS) is 18.6. The van der Waals surface area contributed by atoms with Crippen LogP contribution in [0.25, 0.3) is 0 Å². The third-order valence-electron chi connectivity index (χ3n) is 3.34. The van der Waals surface area contributed by atoms with Crippen LogP contribution in [0.3, 0.4) is 0 Å². The van der Waals surface area contributed by atoms with E-state index >= 15 is 0 Å². The maximum atomic E-state index is 12.3. The molecule has 0 spiro atoms. The molecule has 1 heterocycles. The van der Waals surface area contributed by atoms with Gasteiger partial charge in [-0.2, -0.15) is 0 Å². The van der Waals surface area contributed by atoms with Crippen molar-refractivity contribution in [2.24, 2.45) is 5.92 Å². The number of hydrogen-bond acceptors (Lipinski definition) is 4. The Morgan fingerprint density at radius 2 is 2.15 bits per heavy atom. The summed E-state index contributed by atoms with van der Waals surface area (Å²) in [6.45, 7) is 0.0527. The Morgan fingerprint density at radius 3 is 2.80 bits per heavy atom. The fraction of sp³-hybridized carbons (Fsp3) is 0.462. The highest BCUT2D eigenvalue weighted by Gasteiger charge is 2.34. The lowest BCUT2D eigenvalue weighted by Crippen LogP contribution is -2.44. The molecule has 110 valence electrons. The van der Waals surface area contributed by atoms with Gasteiger partial charge in [0.15, 0.2) is 0 Å². The van der Waals surface area contributed by atoms with Crippen LogP contribution < -0.4 is 4.31 Å². The van der Waals surface area contributed by atoms with Gasteiger partial charge in [0.1, 0.15) is 0 Å². The van der Waals surface area contributed by atoms with Crippen molar-refractivity contribution in [3.8, 4) is 0 Å². The zero-order valence-corrected chi connectivity index (χ0v) is 12.0. The van der Waals surface area contributed by atoms with Crippen molar-refractivity contribution in [3.05, 3.63) is 29.8 Å². The monoisotopic (exact) mass is 299 g/mol. The predicted molar refractivity (Wildman–Crippen MR) is 74.3 cm³/mol. The molecule has 1 unspecified atom stereocenters. The van der Waals surface area contributed by atoms with Crippen molar-refractivity contribution >= 4 is 21.7 Å². The number of rotatable bonds is 5. The summed E-state index contributed by atoms with van der Waals surface area (Å²) in [5, 5.41) is 9.18. The first-order chi connectivity index (χ1) is 9.45. The molecule has 0 aromatic heterocycles. The molecular formula is C13H17NO5S. The summed E-state index contributed by atoms with van der Waals surface area (Å²) in [7, 11) is -2.15. The first kappa shape index (κ1) is 14.8. The number of carboxylic acids is 1. The lowest BCUT2D eigenvalue weighted by atomic mass is 9.94. The second kappa shape index (κ2) is 5.80. The highest BCUT2D eigenvalue weighted by molar-refractivity contribution is 7.92. The Bertz CT molecular complexity index is 599. The minimum Gasteiger partial charge on any atom is -0.481 e. The molecule has 0 amide bonds. The van der Waals surface area contributed by atoms with E-state index in [2.05, 4.69) is 0 Å². The van der Waals surface area contributed by atoms with E-state index < -0.39 is 21.9 Å². The van der Waals surface area contributed by atoms with Gasteiger partial charge in [-0.1, -0.05) is 18.2 Å². The maximum absolute atomic E-state index is 12.3. The molecule has 0 fully saturated rings. The van der Waals surface area contributed by atoms with E-state index in [0.717, 1.165) is 5.56 Å². The Balaban J connectivity index is 2.38. The first-order valence-corrected chi connectivity index (χ1v) is 7.86. The van der Waals surface area contributed by atoms with Crippen molar-refractivity contribution < 1.29 is 23.1 Å². The average molecular weight is 299 g/mol. The van der Waals surface area contributed by atoms with Crippen LogP contribution >= 0.6 is 0 Å². The van der Waals surface area contributed by atoms with Crippen LogP contribution in [0.4, 0.5) is 5.69 Å². The highest BCUT2D eigenvalue weighted by Crippen LogP contribution is 2.31. The SMILES string of the molecule is COCCS(=O)(=O)N1CC(C(=O)O)Cc2ccccc21. The molecular weight excluding hydrogens is 282 g/mol. The number of benzene rings is 1. The van der Waals surface area contributed by atoms with Gasteiger partial charge in [-0.05, 0) is 18.1 Å². The lowest BCUT2D eigenvalue weighted by molar-refractivity contribution is -0.141. The molecule has 1 atom stereocenters. The Labute approximate surface area is 118 Å². The minimum atomic E-state index is -3.58. The summed E-state index contributed by atoms with van der Waals surface area (Å²) < 4.78 is 30.7. The molecule has 0 bridgehead atoms. The molecule has 2 rings (SSSR count). The van der Waals surface area contributed by atoms with Gasteiger partial charge < -0.3 is 9.84 Å². The minimum absolute atomic E-state index is 0.0294. The number of nitrogens with zero attached hydrogens (tertiary/aromatic N) is 1. The Hall–Kier alpha value is -1.60. The molecule has 0 radical (unpaired) electrons. The summed E-state index contributed by atoms with van der Waals surface area (Å²) in [6, 6.07) is 7.00. The molecule has 20 heavy (non-hydrogen) atoms. The zero-order valence-electron chi connectivity index (χ0n) is 11.2. The number of aliphatic carboxylic acids is 1. The van der Waals surface area contributed by atoms with Gasteiger partial charge in [0.05, 0.1) is 24.0 Å². The van der Waals surface area contributed by atoms with Crippen LogP contribution in [0.15, 0.2) is 24.3 Å². The summed E-state index contributed by atoms with van der Waals surface area (Å²) in [4.78, 5) is 11.2. The van der Waals surface area contributed by atoms with Crippen molar-refractivity contribution in [1.29, 1.82) is 0 Å². The zero-order chi connectivity index (χ0) is 14.8. The van der Waals surface area contributed by atoms with Crippen molar-refractivity contribution in [2.75, 3.05) is 30.3 Å². The molecule has 1 aromatic carbocycles. The molecule has 1 aliphatic heterocycles. The highest BCUT2D eigenvalue weighted by atomic mass is 32.2. The van der Waals surface area contributed by atoms with Gasteiger partial charge >= 0.3 is 5.97 Å². The van der Waals surface area contributed by atoms with E-state index in [1.807, 2.05) is 0 Å². The second-order valence-corrected chi connectivity index (χ2v) is 6.72. The van der Waals surface area contributed by atoms with Crippen molar-refractivity contribution in [2.45, 2.75) is 6.42 Å². The molecule has 0 saturated carbocycles. The van der Waals surface area contributed by atoms with E-state index in [-0.39, 0.29) is 18.9 Å². The average Bonchev–Trinajstić information content (AvgIpc) is 2.43. The topological polar surface area (TPSA) is 83.9 Å². The summed E-state index contributed by atoms with van der Waals surface area (Å²) in [5.41, 5.74) is 1.31. The Kier molecular flexibility index (Phi) is 4.29. The van der Waals surface area contributed by atoms with Crippen molar-refractivity contribution in [1.82, 2.24) is 0 Å². The molecule has 1 aromatic rings. The predicted octanol–water partition coefficient (Wildman–Crippen LogP) is 0.726. The standard InChI is InChI=1S/C13H17NO5S/c1-19-6-7-20(17,18)14-9-11(13(15)16)8-10-4-2-3-5-12(10)14/h2-5,11H,6-9H2,1H3,(H,15,16). The molecule has 6 nitrogen and oxygen atoms in total. The van der Waals surface area contributed by atoms with Crippen LogP contribution in [0.5, 0.6) is 0 Å². The number of carboxylic acid groups (broad SMARTS) is 1. The smallest absolute Gasteiger partial charge is 0.308 e. The molecule has 7 heteroatoms. The van der Waals surface area contributed by atoms with Crippen LogP contribution in [-0.2, 0) is 26.0 Å². The van der Waals surface area contributed by atoms with E-state index in [1.54, 1.807) is 24.3 Å². The third kappa shape index (κ3) is 2.94.